The summed E-state index contributed by atoms with van der Waals surface area (Å²) in [6.45, 7) is 1.06. The molecule has 1 fully saturated rings. The number of benzene rings is 1. The molecule has 6 nitrogen and oxygen atoms in total. The number of rotatable bonds is 4. The summed E-state index contributed by atoms with van der Waals surface area (Å²) in [5.74, 6) is 0.232. The normalized spacial score (nSPS) is 19.5. The molecule has 10 heteroatoms. The largest absolute Gasteiger partial charge is 0.494 e. The van der Waals surface area contributed by atoms with E-state index >= 15 is 0 Å². The van der Waals surface area contributed by atoms with Crippen LogP contribution >= 0.6 is 39.9 Å². The van der Waals surface area contributed by atoms with Crippen LogP contribution in [-0.4, -0.2) is 52.2 Å². The fourth-order valence-corrected chi connectivity index (χ4v) is 4.95. The second kappa shape index (κ2) is 8.14. The van der Waals surface area contributed by atoms with Crippen molar-refractivity contribution >= 4 is 50.0 Å². The molecule has 1 aromatic rings. The lowest BCUT2D eigenvalue weighted by molar-refractivity contribution is 0.00447. The van der Waals surface area contributed by atoms with E-state index in [0.29, 0.717) is 16.1 Å². The van der Waals surface area contributed by atoms with Crippen LogP contribution in [0.3, 0.4) is 0 Å². The van der Waals surface area contributed by atoms with Gasteiger partial charge in [-0.1, -0.05) is 11.6 Å². The Morgan fingerprint density at radius 3 is 2.82 bits per heavy atom. The van der Waals surface area contributed by atoms with Crippen molar-refractivity contribution in [1.29, 1.82) is 0 Å². The molecule has 0 spiro atoms. The Bertz CT molecular complexity index is 630. The van der Waals surface area contributed by atoms with E-state index in [1.165, 1.54) is 17.5 Å². The van der Waals surface area contributed by atoms with E-state index < -0.39 is 10.0 Å². The number of ether oxygens (including phenoxy) is 2. The van der Waals surface area contributed by atoms with Gasteiger partial charge in [-0.15, -0.1) is 12.4 Å². The summed E-state index contributed by atoms with van der Waals surface area (Å²) in [6.07, 6.45) is -0.304. The highest BCUT2D eigenvalue weighted by Gasteiger charge is 2.33. The first kappa shape index (κ1) is 20.0. The Morgan fingerprint density at radius 1 is 1.55 bits per heavy atom. The van der Waals surface area contributed by atoms with Crippen LogP contribution in [0.25, 0.3) is 0 Å². The fraction of sp³-hybridized carbons (Fsp3) is 0.500. The van der Waals surface area contributed by atoms with E-state index in [1.807, 2.05) is 0 Å². The molecule has 2 rings (SSSR count). The number of methoxy groups -OCH3 is 1. The van der Waals surface area contributed by atoms with Crippen molar-refractivity contribution in [2.45, 2.75) is 11.0 Å². The zero-order valence-electron chi connectivity index (χ0n) is 11.8. The Kier molecular flexibility index (Phi) is 7.38. The third kappa shape index (κ3) is 4.05. The molecule has 2 N–H and O–H groups in total. The third-order valence-electron chi connectivity index (χ3n) is 3.16. The molecule has 0 bridgehead atoms. The average Bonchev–Trinajstić information content (AvgIpc) is 2.46. The van der Waals surface area contributed by atoms with Crippen molar-refractivity contribution in [3.63, 3.8) is 0 Å². The van der Waals surface area contributed by atoms with Crippen LogP contribution in [0.15, 0.2) is 21.5 Å². The van der Waals surface area contributed by atoms with Crippen molar-refractivity contribution in [1.82, 2.24) is 4.31 Å². The zero-order chi connectivity index (χ0) is 15.6. The molecule has 1 aliphatic rings. The molecule has 0 saturated carbocycles. The standard InChI is InChI=1S/C12H16BrClN2O4S.ClH/c1-19-12-10(13)4-8(14)5-11(12)21(17,18)16-2-3-20-9(6-15)7-16;/h4-5,9H,2-3,6-7,15H2,1H3;1H. The minimum Gasteiger partial charge on any atom is -0.494 e. The van der Waals surface area contributed by atoms with Crippen molar-refractivity contribution in [3.8, 4) is 5.75 Å². The van der Waals surface area contributed by atoms with Gasteiger partial charge in [-0.25, -0.2) is 8.42 Å². The second-order valence-corrected chi connectivity index (χ2v) is 7.71. The maximum absolute atomic E-state index is 12.8. The van der Waals surface area contributed by atoms with E-state index in [0.717, 1.165) is 0 Å². The van der Waals surface area contributed by atoms with Crippen molar-refractivity contribution in [2.24, 2.45) is 5.73 Å². The highest BCUT2D eigenvalue weighted by atomic mass is 79.9. The van der Waals surface area contributed by atoms with E-state index in [1.54, 1.807) is 6.07 Å². The van der Waals surface area contributed by atoms with Gasteiger partial charge in [0.25, 0.3) is 0 Å². The molecular weight excluding hydrogens is 419 g/mol. The van der Waals surface area contributed by atoms with Crippen molar-refractivity contribution in [3.05, 3.63) is 21.6 Å². The van der Waals surface area contributed by atoms with Gasteiger partial charge in [-0.2, -0.15) is 4.31 Å². The second-order valence-electron chi connectivity index (χ2n) is 4.51. The number of sulfonamides is 1. The third-order valence-corrected chi connectivity index (χ3v) is 5.84. The van der Waals surface area contributed by atoms with Crippen LogP contribution in [0.1, 0.15) is 0 Å². The molecule has 0 aromatic heterocycles. The van der Waals surface area contributed by atoms with E-state index in [2.05, 4.69) is 15.9 Å². The summed E-state index contributed by atoms with van der Waals surface area (Å²) < 4.78 is 38.0. The quantitative estimate of drug-likeness (QED) is 0.780. The predicted octanol–water partition coefficient (Wildman–Crippen LogP) is 1.88. The Hall–Kier alpha value is -0.0900. The molecule has 1 atom stereocenters. The summed E-state index contributed by atoms with van der Waals surface area (Å²) in [5.41, 5.74) is 5.55. The first-order chi connectivity index (χ1) is 9.90. The monoisotopic (exact) mass is 434 g/mol. The Balaban J connectivity index is 0.00000242. The van der Waals surface area contributed by atoms with Crippen LogP contribution in [-0.2, 0) is 14.8 Å². The molecule has 22 heavy (non-hydrogen) atoms. The number of hydrogen-bond acceptors (Lipinski definition) is 5. The molecule has 126 valence electrons. The van der Waals surface area contributed by atoms with Crippen molar-refractivity contribution in [2.75, 3.05) is 33.4 Å². The number of nitrogens with two attached hydrogens (primary N) is 1. The molecular formula is C12H17BrCl2N2O4S. The molecule has 1 heterocycles. The number of nitrogens with zero attached hydrogens (tertiary/aromatic N) is 1. The highest BCUT2D eigenvalue weighted by Crippen LogP contribution is 2.37. The first-order valence-corrected chi connectivity index (χ1v) is 8.86. The van der Waals surface area contributed by atoms with Crippen LogP contribution in [0.2, 0.25) is 5.02 Å². The van der Waals surface area contributed by atoms with Gasteiger partial charge >= 0.3 is 0 Å². The average molecular weight is 436 g/mol. The lowest BCUT2D eigenvalue weighted by atomic mass is 10.3. The first-order valence-electron chi connectivity index (χ1n) is 6.25. The van der Waals surface area contributed by atoms with Gasteiger partial charge < -0.3 is 15.2 Å². The molecule has 1 unspecified atom stereocenters. The Labute approximate surface area is 149 Å². The van der Waals surface area contributed by atoms with Crippen LogP contribution < -0.4 is 10.5 Å². The van der Waals surface area contributed by atoms with Crippen LogP contribution in [0.5, 0.6) is 5.75 Å². The zero-order valence-corrected chi connectivity index (χ0v) is 15.8. The molecule has 0 aliphatic carbocycles. The van der Waals surface area contributed by atoms with Gasteiger partial charge in [0.15, 0.2) is 5.75 Å². The van der Waals surface area contributed by atoms with Gasteiger partial charge in [0, 0.05) is 24.7 Å². The topological polar surface area (TPSA) is 81.9 Å². The van der Waals surface area contributed by atoms with Gasteiger partial charge in [-0.05, 0) is 28.1 Å². The molecule has 1 saturated heterocycles. The van der Waals surface area contributed by atoms with E-state index in [-0.39, 0.29) is 48.8 Å². The fourth-order valence-electron chi connectivity index (χ4n) is 2.12. The summed E-state index contributed by atoms with van der Waals surface area (Å²) in [7, 11) is -2.32. The van der Waals surface area contributed by atoms with E-state index in [9.17, 15) is 8.42 Å². The summed E-state index contributed by atoms with van der Waals surface area (Å²) >= 11 is 9.23. The summed E-state index contributed by atoms with van der Waals surface area (Å²) in [6, 6.07) is 2.97. The van der Waals surface area contributed by atoms with E-state index in [4.69, 9.17) is 26.8 Å². The minimum absolute atomic E-state index is 0. The smallest absolute Gasteiger partial charge is 0.247 e. The Morgan fingerprint density at radius 2 is 2.23 bits per heavy atom. The lowest BCUT2D eigenvalue weighted by Gasteiger charge is -2.31. The van der Waals surface area contributed by atoms with Gasteiger partial charge in [-0.3, -0.25) is 0 Å². The van der Waals surface area contributed by atoms with Crippen molar-refractivity contribution < 1.29 is 17.9 Å². The van der Waals surface area contributed by atoms with Gasteiger partial charge in [0.1, 0.15) is 4.90 Å². The SMILES string of the molecule is COc1c(Br)cc(Cl)cc1S(=O)(=O)N1CCOC(CN)C1.Cl. The molecule has 1 aliphatic heterocycles. The minimum atomic E-state index is -3.73. The lowest BCUT2D eigenvalue weighted by Crippen LogP contribution is -2.48. The van der Waals surface area contributed by atoms with Gasteiger partial charge in [0.05, 0.1) is 24.3 Å². The summed E-state index contributed by atoms with van der Waals surface area (Å²) in [5, 5.41) is 0.310. The molecule has 0 radical (unpaired) electrons. The molecule has 0 amide bonds. The van der Waals surface area contributed by atoms with Crippen LogP contribution in [0, 0.1) is 0 Å². The summed E-state index contributed by atoms with van der Waals surface area (Å²) in [4.78, 5) is 0.0297. The van der Waals surface area contributed by atoms with Gasteiger partial charge in [0.2, 0.25) is 10.0 Å². The number of halogens is 3. The van der Waals surface area contributed by atoms with Crippen LogP contribution in [0.4, 0.5) is 0 Å². The predicted molar refractivity (Wildman–Crippen MR) is 90.5 cm³/mol. The number of morpholine rings is 1. The highest BCUT2D eigenvalue weighted by molar-refractivity contribution is 9.10. The maximum Gasteiger partial charge on any atom is 0.247 e. The molecule has 1 aromatic carbocycles. The maximum atomic E-state index is 12.8. The number of hydrogen-bond donors (Lipinski definition) is 1.